The molecule has 2 N–H and O–H groups in total. The van der Waals surface area contributed by atoms with Gasteiger partial charge in [0.2, 0.25) is 0 Å². The van der Waals surface area contributed by atoms with E-state index in [9.17, 15) is 0 Å². The predicted molar refractivity (Wildman–Crippen MR) is 79.5 cm³/mol. The predicted octanol–water partition coefficient (Wildman–Crippen LogP) is 3.75. The zero-order valence-electron chi connectivity index (χ0n) is 11.2. The first kappa shape index (κ1) is 12.9. The zero-order chi connectivity index (χ0) is 12.6. The molecule has 3 nitrogen and oxygen atoms in total. The number of para-hydroxylation sites is 2. The van der Waals surface area contributed by atoms with E-state index >= 15 is 0 Å². The second-order valence-electron chi connectivity index (χ2n) is 4.94. The minimum atomic E-state index is 0.802. The van der Waals surface area contributed by atoms with Gasteiger partial charge in [-0.2, -0.15) is 0 Å². The van der Waals surface area contributed by atoms with E-state index in [0.29, 0.717) is 0 Å². The number of hydrogen-bond donors (Lipinski definition) is 2. The third-order valence-corrected chi connectivity index (χ3v) is 3.60. The summed E-state index contributed by atoms with van der Waals surface area (Å²) in [6.45, 7) is 0.967. The van der Waals surface area contributed by atoms with Crippen LogP contribution in [0.3, 0.4) is 0 Å². The van der Waals surface area contributed by atoms with Crippen molar-refractivity contribution in [1.82, 2.24) is 0 Å². The van der Waals surface area contributed by atoms with Gasteiger partial charge in [0.05, 0.1) is 17.7 Å². The van der Waals surface area contributed by atoms with Crippen LogP contribution >= 0.6 is 0 Å². The van der Waals surface area contributed by atoms with E-state index in [4.69, 9.17) is 0 Å². The quantitative estimate of drug-likeness (QED) is 0.612. The third kappa shape index (κ3) is 3.76. The van der Waals surface area contributed by atoms with Crippen LogP contribution in [0.2, 0.25) is 0 Å². The summed E-state index contributed by atoms with van der Waals surface area (Å²) in [5.74, 6) is 0.802. The van der Waals surface area contributed by atoms with Gasteiger partial charge < -0.3 is 10.6 Å². The van der Waals surface area contributed by atoms with E-state index in [1.165, 1.54) is 32.1 Å². The summed E-state index contributed by atoms with van der Waals surface area (Å²) in [5.41, 5.74) is 2.18. The highest BCUT2D eigenvalue weighted by Gasteiger charge is 2.11. The first-order valence-corrected chi connectivity index (χ1v) is 6.92. The Kier molecular flexibility index (Phi) is 5.06. The Morgan fingerprint density at radius 1 is 1.17 bits per heavy atom. The molecule has 0 aromatic heterocycles. The molecule has 0 radical (unpaired) electrons. The second kappa shape index (κ2) is 7.04. The van der Waals surface area contributed by atoms with Gasteiger partial charge >= 0.3 is 0 Å². The summed E-state index contributed by atoms with van der Waals surface area (Å²) >= 11 is 0. The van der Waals surface area contributed by atoms with Gasteiger partial charge in [-0.25, -0.2) is 0 Å². The molecule has 0 unspecified atom stereocenters. The standard InChI is InChI=1S/C15H23N3/c1-16-14-9-5-6-10-15(14)18-12-17-11-13-7-3-2-4-8-13/h5-6,9-10,12-13,16H,2-4,7-8,11H2,1H3,(H,17,18). The normalized spacial score (nSPS) is 16.9. The lowest BCUT2D eigenvalue weighted by atomic mass is 9.89. The van der Waals surface area contributed by atoms with Crippen molar-refractivity contribution in [2.75, 3.05) is 24.2 Å². The summed E-state index contributed by atoms with van der Waals surface area (Å²) in [5, 5.41) is 6.41. The summed E-state index contributed by atoms with van der Waals surface area (Å²) in [4.78, 5) is 4.50. The Morgan fingerprint density at radius 3 is 2.61 bits per heavy atom. The van der Waals surface area contributed by atoms with Crippen LogP contribution in [0.1, 0.15) is 32.1 Å². The van der Waals surface area contributed by atoms with Gasteiger partial charge in [0.1, 0.15) is 0 Å². The van der Waals surface area contributed by atoms with Crippen molar-refractivity contribution in [2.45, 2.75) is 32.1 Å². The minimum absolute atomic E-state index is 0.802. The number of anilines is 2. The van der Waals surface area contributed by atoms with E-state index in [2.05, 4.69) is 27.8 Å². The molecule has 0 spiro atoms. The van der Waals surface area contributed by atoms with Crippen LogP contribution in [0, 0.1) is 5.92 Å². The summed E-state index contributed by atoms with van der Waals surface area (Å²) in [7, 11) is 1.93. The van der Waals surface area contributed by atoms with Crippen LogP contribution < -0.4 is 10.6 Å². The van der Waals surface area contributed by atoms with Crippen molar-refractivity contribution < 1.29 is 0 Å². The fraction of sp³-hybridized carbons (Fsp3) is 0.533. The van der Waals surface area contributed by atoms with Crippen molar-refractivity contribution in [3.05, 3.63) is 24.3 Å². The maximum atomic E-state index is 4.50. The van der Waals surface area contributed by atoms with Crippen molar-refractivity contribution in [3.8, 4) is 0 Å². The molecule has 1 saturated carbocycles. The second-order valence-corrected chi connectivity index (χ2v) is 4.94. The average Bonchev–Trinajstić information content (AvgIpc) is 2.45. The van der Waals surface area contributed by atoms with Gasteiger partial charge in [0.25, 0.3) is 0 Å². The largest absolute Gasteiger partial charge is 0.386 e. The molecule has 1 aliphatic rings. The molecule has 1 aliphatic carbocycles. The van der Waals surface area contributed by atoms with Crippen molar-refractivity contribution in [3.63, 3.8) is 0 Å². The van der Waals surface area contributed by atoms with E-state index in [0.717, 1.165) is 23.8 Å². The molecule has 0 saturated heterocycles. The highest BCUT2D eigenvalue weighted by atomic mass is 15.0. The summed E-state index contributed by atoms with van der Waals surface area (Å²) < 4.78 is 0. The van der Waals surface area contributed by atoms with Gasteiger partial charge in [0, 0.05) is 13.6 Å². The first-order valence-electron chi connectivity index (χ1n) is 6.92. The maximum Gasteiger partial charge on any atom is 0.0868 e. The molecular formula is C15H23N3. The highest BCUT2D eigenvalue weighted by molar-refractivity contribution is 5.83. The van der Waals surface area contributed by atoms with Gasteiger partial charge in [-0.3, -0.25) is 4.99 Å². The molecule has 0 bridgehead atoms. The SMILES string of the molecule is CNc1ccccc1NC=NCC1CCCCC1. The lowest BCUT2D eigenvalue weighted by Crippen LogP contribution is -2.10. The van der Waals surface area contributed by atoms with E-state index in [1.54, 1.807) is 0 Å². The Labute approximate surface area is 110 Å². The van der Waals surface area contributed by atoms with Crippen molar-refractivity contribution in [2.24, 2.45) is 10.9 Å². The zero-order valence-corrected chi connectivity index (χ0v) is 11.2. The van der Waals surface area contributed by atoms with E-state index in [1.807, 2.05) is 25.5 Å². The number of nitrogens with zero attached hydrogens (tertiary/aromatic N) is 1. The van der Waals surface area contributed by atoms with Crippen LogP contribution in [0.15, 0.2) is 29.3 Å². The molecule has 2 rings (SSSR count). The van der Waals surface area contributed by atoms with Gasteiger partial charge in [-0.1, -0.05) is 31.4 Å². The topological polar surface area (TPSA) is 36.4 Å². The van der Waals surface area contributed by atoms with Crippen molar-refractivity contribution in [1.29, 1.82) is 0 Å². The molecule has 0 aliphatic heterocycles. The van der Waals surface area contributed by atoms with E-state index < -0.39 is 0 Å². The Morgan fingerprint density at radius 2 is 1.89 bits per heavy atom. The molecule has 0 atom stereocenters. The maximum absolute atomic E-state index is 4.50. The summed E-state index contributed by atoms with van der Waals surface area (Å²) in [6.07, 6.45) is 8.72. The molecule has 0 amide bonds. The fourth-order valence-electron chi connectivity index (χ4n) is 2.51. The fourth-order valence-corrected chi connectivity index (χ4v) is 2.51. The van der Waals surface area contributed by atoms with Gasteiger partial charge in [-0.15, -0.1) is 0 Å². The highest BCUT2D eigenvalue weighted by Crippen LogP contribution is 2.23. The number of hydrogen-bond acceptors (Lipinski definition) is 2. The number of benzene rings is 1. The minimum Gasteiger partial charge on any atom is -0.386 e. The monoisotopic (exact) mass is 245 g/mol. The Bertz CT molecular complexity index is 381. The Hall–Kier alpha value is -1.51. The lowest BCUT2D eigenvalue weighted by molar-refractivity contribution is 0.367. The van der Waals surface area contributed by atoms with Crippen LogP contribution in [-0.2, 0) is 0 Å². The average molecular weight is 245 g/mol. The molecule has 98 valence electrons. The Balaban J connectivity index is 1.79. The molecular weight excluding hydrogens is 222 g/mol. The van der Waals surface area contributed by atoms with E-state index in [-0.39, 0.29) is 0 Å². The molecule has 3 heteroatoms. The molecule has 18 heavy (non-hydrogen) atoms. The van der Waals surface area contributed by atoms with Gasteiger partial charge in [0.15, 0.2) is 0 Å². The van der Waals surface area contributed by atoms with Crippen LogP contribution in [-0.4, -0.2) is 19.9 Å². The van der Waals surface area contributed by atoms with Crippen molar-refractivity contribution >= 4 is 17.7 Å². The lowest BCUT2D eigenvalue weighted by Gasteiger charge is -2.19. The number of rotatable bonds is 5. The van der Waals surface area contributed by atoms with Crippen LogP contribution in [0.5, 0.6) is 0 Å². The smallest absolute Gasteiger partial charge is 0.0868 e. The molecule has 1 fully saturated rings. The molecule has 1 aromatic rings. The van der Waals surface area contributed by atoms with Crippen LogP contribution in [0.25, 0.3) is 0 Å². The summed E-state index contributed by atoms with van der Waals surface area (Å²) in [6, 6.07) is 8.16. The van der Waals surface area contributed by atoms with Crippen LogP contribution in [0.4, 0.5) is 11.4 Å². The number of aliphatic imine (C=N–C) groups is 1. The molecule has 1 aromatic carbocycles. The third-order valence-electron chi connectivity index (χ3n) is 3.60. The number of nitrogens with one attached hydrogen (secondary N) is 2. The first-order chi connectivity index (χ1) is 8.90. The molecule has 0 heterocycles. The van der Waals surface area contributed by atoms with Gasteiger partial charge in [-0.05, 0) is 30.9 Å².